The lowest BCUT2D eigenvalue weighted by molar-refractivity contribution is 0.221. The first-order valence-corrected chi connectivity index (χ1v) is 5.71. The van der Waals surface area contributed by atoms with E-state index in [-0.39, 0.29) is 5.75 Å². The third kappa shape index (κ3) is 2.19. The fourth-order valence-electron chi connectivity index (χ4n) is 2.17. The zero-order valence-electron chi connectivity index (χ0n) is 9.76. The summed E-state index contributed by atoms with van der Waals surface area (Å²) in [7, 11) is 0. The van der Waals surface area contributed by atoms with Crippen LogP contribution in [-0.4, -0.2) is 18.2 Å². The van der Waals surface area contributed by atoms with E-state index < -0.39 is 5.67 Å². The van der Waals surface area contributed by atoms with Gasteiger partial charge in [-0.15, -0.1) is 0 Å². The summed E-state index contributed by atoms with van der Waals surface area (Å²) in [5.41, 5.74) is 0.148. The van der Waals surface area contributed by atoms with E-state index in [4.69, 9.17) is 0 Å². The number of rotatable bonds is 2. The van der Waals surface area contributed by atoms with Crippen LogP contribution in [0, 0.1) is 0 Å². The van der Waals surface area contributed by atoms with E-state index in [2.05, 4.69) is 5.32 Å². The number of alkyl halides is 1. The van der Waals surface area contributed by atoms with Gasteiger partial charge in [-0.25, -0.2) is 4.39 Å². The highest BCUT2D eigenvalue weighted by atomic mass is 19.1. The van der Waals surface area contributed by atoms with Gasteiger partial charge in [0.2, 0.25) is 0 Å². The monoisotopic (exact) mass is 223 g/mol. The summed E-state index contributed by atoms with van der Waals surface area (Å²) >= 11 is 0. The molecule has 88 valence electrons. The van der Waals surface area contributed by atoms with Gasteiger partial charge in [0.15, 0.2) is 0 Å². The molecule has 1 aromatic carbocycles. The summed E-state index contributed by atoms with van der Waals surface area (Å²) in [4.78, 5) is 0. The number of aromatic hydroxyl groups is 1. The first-order valence-electron chi connectivity index (χ1n) is 5.71. The summed E-state index contributed by atoms with van der Waals surface area (Å²) < 4.78 is 13.8. The summed E-state index contributed by atoms with van der Waals surface area (Å²) in [5.74, 6) is 0.587. The van der Waals surface area contributed by atoms with Crippen molar-refractivity contribution >= 4 is 0 Å². The molecule has 1 aromatic rings. The second kappa shape index (κ2) is 4.06. The lowest BCUT2D eigenvalue weighted by atomic mass is 9.91. The van der Waals surface area contributed by atoms with Gasteiger partial charge in [-0.05, 0) is 50.1 Å². The van der Waals surface area contributed by atoms with Gasteiger partial charge in [0.25, 0.3) is 0 Å². The van der Waals surface area contributed by atoms with E-state index in [0.29, 0.717) is 11.5 Å². The Kier molecular flexibility index (Phi) is 2.89. The predicted molar refractivity (Wildman–Crippen MR) is 62.5 cm³/mol. The van der Waals surface area contributed by atoms with Crippen LogP contribution in [0.15, 0.2) is 18.2 Å². The minimum Gasteiger partial charge on any atom is -0.508 e. The van der Waals surface area contributed by atoms with Gasteiger partial charge >= 0.3 is 0 Å². The quantitative estimate of drug-likeness (QED) is 0.808. The van der Waals surface area contributed by atoms with Crippen LogP contribution < -0.4 is 5.32 Å². The Morgan fingerprint density at radius 2 is 2.19 bits per heavy atom. The fraction of sp³-hybridized carbons (Fsp3) is 0.538. The van der Waals surface area contributed by atoms with Crippen molar-refractivity contribution in [3.8, 4) is 5.75 Å². The summed E-state index contributed by atoms with van der Waals surface area (Å²) in [6.45, 7) is 4.91. The molecule has 1 atom stereocenters. The van der Waals surface area contributed by atoms with Gasteiger partial charge in [0, 0.05) is 12.5 Å². The van der Waals surface area contributed by atoms with Crippen molar-refractivity contribution in [1.29, 1.82) is 0 Å². The molecule has 0 amide bonds. The van der Waals surface area contributed by atoms with Gasteiger partial charge in [0.05, 0.1) is 0 Å². The van der Waals surface area contributed by atoms with Crippen LogP contribution >= 0.6 is 0 Å². The van der Waals surface area contributed by atoms with Crippen LogP contribution in [0.1, 0.15) is 37.3 Å². The molecule has 3 heteroatoms. The minimum absolute atomic E-state index is 0.279. The highest BCUT2D eigenvalue weighted by Crippen LogP contribution is 2.34. The molecule has 2 nitrogen and oxygen atoms in total. The number of halogens is 1. The number of benzene rings is 1. The molecule has 0 bridgehead atoms. The molecule has 1 aliphatic heterocycles. The fourth-order valence-corrected chi connectivity index (χ4v) is 2.17. The van der Waals surface area contributed by atoms with E-state index in [1.165, 1.54) is 13.8 Å². The average Bonchev–Trinajstić information content (AvgIpc) is 2.69. The van der Waals surface area contributed by atoms with E-state index in [0.717, 1.165) is 25.1 Å². The Labute approximate surface area is 95.5 Å². The van der Waals surface area contributed by atoms with Crippen LogP contribution in [0.3, 0.4) is 0 Å². The maximum atomic E-state index is 13.8. The SMILES string of the molecule is CC(C)(F)c1ccc(O)c(C2CCNC2)c1. The molecule has 2 N–H and O–H groups in total. The molecule has 1 saturated heterocycles. The average molecular weight is 223 g/mol. The molecule has 16 heavy (non-hydrogen) atoms. The number of phenolic OH excluding ortho intramolecular Hbond substituents is 1. The van der Waals surface area contributed by atoms with Gasteiger partial charge < -0.3 is 10.4 Å². The van der Waals surface area contributed by atoms with Crippen LogP contribution in [0.25, 0.3) is 0 Å². The van der Waals surface area contributed by atoms with Crippen molar-refractivity contribution in [3.05, 3.63) is 29.3 Å². The van der Waals surface area contributed by atoms with Gasteiger partial charge in [-0.3, -0.25) is 0 Å². The Morgan fingerprint density at radius 3 is 2.75 bits per heavy atom. The Hall–Kier alpha value is -1.09. The second-order valence-electron chi connectivity index (χ2n) is 4.94. The van der Waals surface area contributed by atoms with E-state index in [1.807, 2.05) is 0 Å². The van der Waals surface area contributed by atoms with Crippen molar-refractivity contribution in [2.24, 2.45) is 0 Å². The number of hydrogen-bond acceptors (Lipinski definition) is 2. The molecule has 2 rings (SSSR count). The lowest BCUT2D eigenvalue weighted by Gasteiger charge is -2.18. The molecule has 0 saturated carbocycles. The first kappa shape index (κ1) is 11.4. The molecular weight excluding hydrogens is 205 g/mol. The molecule has 0 aromatic heterocycles. The molecule has 1 heterocycles. The maximum Gasteiger partial charge on any atom is 0.130 e. The van der Waals surface area contributed by atoms with Crippen LogP contribution in [0.4, 0.5) is 4.39 Å². The van der Waals surface area contributed by atoms with E-state index in [1.54, 1.807) is 18.2 Å². The highest BCUT2D eigenvalue weighted by Gasteiger charge is 2.24. The topological polar surface area (TPSA) is 32.3 Å². The van der Waals surface area contributed by atoms with Crippen LogP contribution in [-0.2, 0) is 5.67 Å². The normalized spacial score (nSPS) is 21.3. The summed E-state index contributed by atoms with van der Waals surface area (Å²) in [5, 5.41) is 13.1. The standard InChI is InChI=1S/C13H18FNO/c1-13(2,14)10-3-4-12(16)11(7-10)9-5-6-15-8-9/h3-4,7,9,15-16H,5-6,8H2,1-2H3. The zero-order chi connectivity index (χ0) is 11.8. The minimum atomic E-state index is -1.35. The molecular formula is C13H18FNO. The second-order valence-corrected chi connectivity index (χ2v) is 4.94. The van der Waals surface area contributed by atoms with Gasteiger partial charge in [0.1, 0.15) is 11.4 Å². The van der Waals surface area contributed by atoms with Gasteiger partial charge in [-0.1, -0.05) is 6.07 Å². The number of hydrogen-bond donors (Lipinski definition) is 2. The Balaban J connectivity index is 2.36. The Bertz CT molecular complexity index is 378. The van der Waals surface area contributed by atoms with E-state index >= 15 is 0 Å². The zero-order valence-corrected chi connectivity index (χ0v) is 9.76. The molecule has 0 aliphatic carbocycles. The van der Waals surface area contributed by atoms with E-state index in [9.17, 15) is 9.50 Å². The third-order valence-corrected chi connectivity index (χ3v) is 3.21. The Morgan fingerprint density at radius 1 is 1.44 bits per heavy atom. The summed E-state index contributed by atoms with van der Waals surface area (Å²) in [6.07, 6.45) is 1.00. The van der Waals surface area contributed by atoms with Crippen molar-refractivity contribution in [1.82, 2.24) is 5.32 Å². The van der Waals surface area contributed by atoms with Crippen molar-refractivity contribution in [2.45, 2.75) is 31.9 Å². The van der Waals surface area contributed by atoms with Crippen LogP contribution in [0.2, 0.25) is 0 Å². The van der Waals surface area contributed by atoms with Gasteiger partial charge in [-0.2, -0.15) is 0 Å². The highest BCUT2D eigenvalue weighted by molar-refractivity contribution is 5.41. The largest absolute Gasteiger partial charge is 0.508 e. The lowest BCUT2D eigenvalue weighted by Crippen LogP contribution is -2.11. The molecule has 1 fully saturated rings. The van der Waals surface area contributed by atoms with Crippen molar-refractivity contribution in [3.63, 3.8) is 0 Å². The van der Waals surface area contributed by atoms with Crippen molar-refractivity contribution in [2.75, 3.05) is 13.1 Å². The number of phenols is 1. The first-order chi connectivity index (χ1) is 7.48. The maximum absolute atomic E-state index is 13.8. The smallest absolute Gasteiger partial charge is 0.130 e. The molecule has 0 spiro atoms. The third-order valence-electron chi connectivity index (χ3n) is 3.21. The number of nitrogens with one attached hydrogen (secondary N) is 1. The molecule has 1 unspecified atom stereocenters. The predicted octanol–water partition coefficient (Wildman–Crippen LogP) is 2.67. The summed E-state index contributed by atoms with van der Waals surface area (Å²) in [6, 6.07) is 5.05. The molecule has 1 aliphatic rings. The molecule has 0 radical (unpaired) electrons. The van der Waals surface area contributed by atoms with Crippen molar-refractivity contribution < 1.29 is 9.50 Å². The van der Waals surface area contributed by atoms with Crippen LogP contribution in [0.5, 0.6) is 5.75 Å².